The summed E-state index contributed by atoms with van der Waals surface area (Å²) in [4.78, 5) is 2.00. The first-order chi connectivity index (χ1) is 3.15. The summed E-state index contributed by atoms with van der Waals surface area (Å²) in [5.74, 6) is 0. The van der Waals surface area contributed by atoms with Gasteiger partial charge in [0.05, 0.1) is 0 Å². The number of nitrogens with zero attached hydrogens (tertiary/aromatic N) is 1. The van der Waals surface area contributed by atoms with Gasteiger partial charge in [0.1, 0.15) is 0 Å². The standard InChI is InChI=1S/C3H9N.C2H7N.Y/c1-4(2)3;1-3-2;/h1-3H3;3H,1-2H3;. The fourth-order valence-electron chi connectivity index (χ4n) is 0. The Hall–Kier alpha value is 1.02. The summed E-state index contributed by atoms with van der Waals surface area (Å²) in [6.45, 7) is 0. The van der Waals surface area contributed by atoms with E-state index in [0.717, 1.165) is 0 Å². The summed E-state index contributed by atoms with van der Waals surface area (Å²) in [5.41, 5.74) is 0. The van der Waals surface area contributed by atoms with E-state index in [-0.39, 0.29) is 32.7 Å². The van der Waals surface area contributed by atoms with Crippen LogP contribution in [-0.2, 0) is 32.7 Å². The quantitative estimate of drug-likeness (QED) is 0.583. The molecule has 0 fully saturated rings. The Morgan fingerprint density at radius 2 is 1.00 bits per heavy atom. The molecular weight excluding hydrogens is 177 g/mol. The molecule has 0 aliphatic rings. The van der Waals surface area contributed by atoms with Crippen molar-refractivity contribution in [2.75, 3.05) is 35.2 Å². The van der Waals surface area contributed by atoms with Gasteiger partial charge in [-0.05, 0) is 35.2 Å². The summed E-state index contributed by atoms with van der Waals surface area (Å²) < 4.78 is 0. The van der Waals surface area contributed by atoms with Gasteiger partial charge in [-0.1, -0.05) is 0 Å². The average Bonchev–Trinajstić information content (AvgIpc) is 1.33. The largest absolute Gasteiger partial charge is 0.323 e. The van der Waals surface area contributed by atoms with Gasteiger partial charge in [0, 0.05) is 32.7 Å². The van der Waals surface area contributed by atoms with Crippen molar-refractivity contribution in [3.63, 3.8) is 0 Å². The minimum absolute atomic E-state index is 0. The van der Waals surface area contributed by atoms with E-state index in [1.807, 2.05) is 40.1 Å². The maximum Gasteiger partial charge on any atom is 0 e. The van der Waals surface area contributed by atoms with Gasteiger partial charge in [-0.2, -0.15) is 0 Å². The van der Waals surface area contributed by atoms with Crippen LogP contribution in [0, 0.1) is 0 Å². The fourth-order valence-corrected chi connectivity index (χ4v) is 0. The molecular formula is C5H16N2Y. The molecule has 0 unspecified atom stereocenters. The van der Waals surface area contributed by atoms with E-state index >= 15 is 0 Å². The van der Waals surface area contributed by atoms with Crippen molar-refractivity contribution in [1.29, 1.82) is 0 Å². The molecule has 0 aliphatic heterocycles. The van der Waals surface area contributed by atoms with Gasteiger partial charge in [-0.15, -0.1) is 0 Å². The minimum Gasteiger partial charge on any atom is -0.323 e. The van der Waals surface area contributed by atoms with Gasteiger partial charge in [0.15, 0.2) is 0 Å². The van der Waals surface area contributed by atoms with Crippen molar-refractivity contribution < 1.29 is 32.7 Å². The number of nitrogens with one attached hydrogen (secondary N) is 1. The van der Waals surface area contributed by atoms with Gasteiger partial charge >= 0.3 is 0 Å². The second kappa shape index (κ2) is 15.7. The Morgan fingerprint density at radius 3 is 1.00 bits per heavy atom. The van der Waals surface area contributed by atoms with Crippen LogP contribution in [0.1, 0.15) is 0 Å². The average molecular weight is 193 g/mol. The third kappa shape index (κ3) is 243. The van der Waals surface area contributed by atoms with E-state index in [4.69, 9.17) is 0 Å². The zero-order chi connectivity index (χ0) is 6.28. The van der Waals surface area contributed by atoms with Gasteiger partial charge in [0.2, 0.25) is 0 Å². The summed E-state index contributed by atoms with van der Waals surface area (Å²) in [6, 6.07) is 0. The van der Waals surface area contributed by atoms with Crippen molar-refractivity contribution in [3.8, 4) is 0 Å². The van der Waals surface area contributed by atoms with Crippen molar-refractivity contribution in [2.45, 2.75) is 0 Å². The van der Waals surface area contributed by atoms with Crippen LogP contribution in [-0.4, -0.2) is 40.1 Å². The van der Waals surface area contributed by atoms with E-state index in [1.54, 1.807) is 0 Å². The van der Waals surface area contributed by atoms with Crippen molar-refractivity contribution in [2.24, 2.45) is 0 Å². The van der Waals surface area contributed by atoms with Crippen LogP contribution in [0.5, 0.6) is 0 Å². The van der Waals surface area contributed by atoms with E-state index < -0.39 is 0 Å². The summed E-state index contributed by atoms with van der Waals surface area (Å²) in [7, 11) is 9.75. The number of hydrogen-bond acceptors (Lipinski definition) is 2. The topological polar surface area (TPSA) is 15.3 Å². The normalized spacial score (nSPS) is 6.75. The Balaban J connectivity index is -0.0000000575. The molecule has 0 bridgehead atoms. The monoisotopic (exact) mass is 193 g/mol. The molecule has 0 aromatic heterocycles. The van der Waals surface area contributed by atoms with Gasteiger partial charge in [-0.3, -0.25) is 0 Å². The van der Waals surface area contributed by atoms with Crippen LogP contribution >= 0.6 is 0 Å². The molecule has 0 heterocycles. The van der Waals surface area contributed by atoms with Gasteiger partial charge in [-0.25, -0.2) is 0 Å². The smallest absolute Gasteiger partial charge is 0 e. The van der Waals surface area contributed by atoms with Crippen molar-refractivity contribution in [1.82, 2.24) is 10.2 Å². The van der Waals surface area contributed by atoms with E-state index in [2.05, 4.69) is 5.32 Å². The molecule has 0 atom stereocenters. The van der Waals surface area contributed by atoms with E-state index in [1.165, 1.54) is 0 Å². The first kappa shape index (κ1) is 16.0. The van der Waals surface area contributed by atoms with Crippen molar-refractivity contribution >= 4 is 0 Å². The molecule has 3 heteroatoms. The third-order valence-corrected chi connectivity index (χ3v) is 0. The molecule has 49 valence electrons. The van der Waals surface area contributed by atoms with Crippen LogP contribution in [0.3, 0.4) is 0 Å². The van der Waals surface area contributed by atoms with Crippen LogP contribution < -0.4 is 5.32 Å². The Labute approximate surface area is 77.9 Å². The molecule has 0 rings (SSSR count). The van der Waals surface area contributed by atoms with E-state index in [9.17, 15) is 0 Å². The number of hydrogen-bond donors (Lipinski definition) is 1. The molecule has 1 radical (unpaired) electrons. The molecule has 0 amide bonds. The van der Waals surface area contributed by atoms with Crippen LogP contribution in [0.15, 0.2) is 0 Å². The molecule has 0 saturated carbocycles. The van der Waals surface area contributed by atoms with Crippen LogP contribution in [0.25, 0.3) is 0 Å². The second-order valence-electron chi connectivity index (χ2n) is 1.84. The van der Waals surface area contributed by atoms with Crippen LogP contribution in [0.4, 0.5) is 0 Å². The molecule has 0 aromatic rings. The Morgan fingerprint density at radius 1 is 1.00 bits per heavy atom. The molecule has 8 heavy (non-hydrogen) atoms. The summed E-state index contributed by atoms with van der Waals surface area (Å²) in [5, 5.41) is 2.75. The molecule has 0 saturated heterocycles. The maximum absolute atomic E-state index is 2.75. The molecule has 0 spiro atoms. The first-order valence-corrected chi connectivity index (χ1v) is 2.34. The molecule has 2 nitrogen and oxygen atoms in total. The predicted octanol–water partition coefficient (Wildman–Crippen LogP) is 0.0109. The minimum atomic E-state index is 0. The molecule has 1 N–H and O–H groups in total. The number of rotatable bonds is 0. The first-order valence-electron chi connectivity index (χ1n) is 2.34. The maximum atomic E-state index is 2.75. The van der Waals surface area contributed by atoms with E-state index in [0.29, 0.717) is 0 Å². The van der Waals surface area contributed by atoms with Crippen molar-refractivity contribution in [3.05, 3.63) is 0 Å². The zero-order valence-electron chi connectivity index (χ0n) is 6.52. The summed E-state index contributed by atoms with van der Waals surface area (Å²) in [6.07, 6.45) is 0. The van der Waals surface area contributed by atoms with Crippen LogP contribution in [0.2, 0.25) is 0 Å². The second-order valence-corrected chi connectivity index (χ2v) is 1.84. The zero-order valence-corrected chi connectivity index (χ0v) is 9.36. The Bertz CT molecular complexity index is 21.6. The Kier molecular flexibility index (Phi) is 31.4. The van der Waals surface area contributed by atoms with Gasteiger partial charge in [0.25, 0.3) is 0 Å². The molecule has 0 aromatic carbocycles. The fraction of sp³-hybridized carbons (Fsp3) is 1.00. The SMILES string of the molecule is CN(C)C.CNC.[Y]. The molecule has 0 aliphatic carbocycles. The predicted molar refractivity (Wildman–Crippen MR) is 34.6 cm³/mol. The van der Waals surface area contributed by atoms with Gasteiger partial charge < -0.3 is 10.2 Å². The summed E-state index contributed by atoms with van der Waals surface area (Å²) >= 11 is 0. The third-order valence-electron chi connectivity index (χ3n) is 0.